The molecule has 1 aliphatic rings. The monoisotopic (exact) mass is 530 g/mol. The summed E-state index contributed by atoms with van der Waals surface area (Å²) in [5.74, 6) is 0.412. The van der Waals surface area contributed by atoms with Crippen molar-refractivity contribution in [1.29, 1.82) is 0 Å². The van der Waals surface area contributed by atoms with Crippen molar-refractivity contribution in [3.63, 3.8) is 0 Å². The molecule has 204 valence electrons. The second-order valence-electron chi connectivity index (χ2n) is 9.61. The lowest BCUT2D eigenvalue weighted by atomic mass is 10.1. The van der Waals surface area contributed by atoms with Crippen molar-refractivity contribution in [3.8, 4) is 0 Å². The molecule has 1 saturated heterocycles. The van der Waals surface area contributed by atoms with E-state index >= 15 is 0 Å². The molecule has 1 aliphatic heterocycles. The van der Waals surface area contributed by atoms with E-state index in [1.54, 1.807) is 36.6 Å². The smallest absolute Gasteiger partial charge is 0.269 e. The van der Waals surface area contributed by atoms with E-state index in [1.165, 1.54) is 18.2 Å². The summed E-state index contributed by atoms with van der Waals surface area (Å²) >= 11 is 0. The molecule has 0 aliphatic carbocycles. The number of benzene rings is 2. The third-order valence-corrected chi connectivity index (χ3v) is 6.72. The van der Waals surface area contributed by atoms with Crippen molar-refractivity contribution < 1.29 is 18.9 Å². The molecule has 1 aromatic heterocycles. The number of hydrogen-bond donors (Lipinski definition) is 1. The zero-order valence-electron chi connectivity index (χ0n) is 22.2. The summed E-state index contributed by atoms with van der Waals surface area (Å²) in [6, 6.07) is 15.2. The van der Waals surface area contributed by atoms with Gasteiger partial charge in [0.15, 0.2) is 0 Å². The Morgan fingerprint density at radius 1 is 1.10 bits per heavy atom. The largest absolute Gasteiger partial charge is 0.467 e. The van der Waals surface area contributed by atoms with E-state index in [2.05, 4.69) is 17.1 Å². The van der Waals surface area contributed by atoms with Gasteiger partial charge in [-0.15, -0.1) is 0 Å². The summed E-state index contributed by atoms with van der Waals surface area (Å²) in [5, 5.41) is 13.7. The molecule has 1 N–H and O–H groups in total. The predicted molar refractivity (Wildman–Crippen MR) is 152 cm³/mol. The maximum absolute atomic E-state index is 13.7. The maximum atomic E-state index is 13.7. The van der Waals surface area contributed by atoms with Crippen LogP contribution in [-0.2, 0) is 11.3 Å². The van der Waals surface area contributed by atoms with Gasteiger partial charge in [0.2, 0.25) is 5.91 Å². The number of non-ortho nitro benzene ring substituents is 1. The molecule has 39 heavy (non-hydrogen) atoms. The van der Waals surface area contributed by atoms with Crippen LogP contribution in [0.25, 0.3) is 6.08 Å². The number of amides is 2. The van der Waals surface area contributed by atoms with Crippen molar-refractivity contribution in [2.45, 2.75) is 45.6 Å². The van der Waals surface area contributed by atoms with E-state index < -0.39 is 4.92 Å². The average molecular weight is 531 g/mol. The number of carbonyl (C=O) groups excluding carboxylic acids is 2. The second-order valence-corrected chi connectivity index (χ2v) is 9.61. The van der Waals surface area contributed by atoms with Crippen LogP contribution in [0.2, 0.25) is 0 Å². The first-order valence-corrected chi connectivity index (χ1v) is 13.4. The number of unbranched alkanes of at least 4 members (excludes halogenated alkanes) is 1. The number of anilines is 2. The highest BCUT2D eigenvalue weighted by Gasteiger charge is 2.24. The first-order chi connectivity index (χ1) is 18.9. The number of piperidine rings is 1. The van der Waals surface area contributed by atoms with E-state index in [-0.39, 0.29) is 17.5 Å². The molecular weight excluding hydrogens is 496 g/mol. The van der Waals surface area contributed by atoms with E-state index in [4.69, 9.17) is 4.42 Å². The number of carbonyl (C=O) groups is 2. The van der Waals surface area contributed by atoms with E-state index in [1.807, 2.05) is 23.1 Å². The zero-order chi connectivity index (χ0) is 27.6. The Hall–Kier alpha value is -4.40. The standard InChI is InChI=1S/C30H34N4O5/c1-2-3-17-33(22-26-8-7-20-39-26)28-15-12-24(21-27(28)30(36)32-18-5-4-6-19-32)31-29(35)16-11-23-9-13-25(14-10-23)34(37)38/h7-16,20-21H,2-6,17-19,22H2,1H3,(H,31,35)/b16-11+. The molecule has 0 saturated carbocycles. The predicted octanol–water partition coefficient (Wildman–Crippen LogP) is 6.27. The van der Waals surface area contributed by atoms with E-state index in [9.17, 15) is 19.7 Å². The van der Waals surface area contributed by atoms with Gasteiger partial charge in [-0.3, -0.25) is 19.7 Å². The molecule has 9 heteroatoms. The Morgan fingerprint density at radius 2 is 1.87 bits per heavy atom. The number of nitro groups is 1. The van der Waals surface area contributed by atoms with Gasteiger partial charge in [0.25, 0.3) is 11.6 Å². The van der Waals surface area contributed by atoms with Crippen LogP contribution in [0.4, 0.5) is 17.1 Å². The minimum Gasteiger partial charge on any atom is -0.467 e. The number of nitro benzene ring substituents is 1. The Balaban J connectivity index is 1.58. The molecule has 0 unspecified atom stereocenters. The van der Waals surface area contributed by atoms with Crippen LogP contribution in [0.3, 0.4) is 0 Å². The molecule has 2 amide bonds. The third kappa shape index (κ3) is 7.56. The van der Waals surface area contributed by atoms with Crippen LogP contribution in [-0.4, -0.2) is 41.3 Å². The molecule has 1 fully saturated rings. The summed E-state index contributed by atoms with van der Waals surface area (Å²) in [7, 11) is 0. The molecule has 0 spiro atoms. The van der Waals surface area contributed by atoms with Gasteiger partial charge in [0, 0.05) is 43.5 Å². The van der Waals surface area contributed by atoms with Gasteiger partial charge in [-0.05, 0) is 79.8 Å². The fraction of sp³-hybridized carbons (Fsp3) is 0.333. The number of nitrogens with zero attached hydrogens (tertiary/aromatic N) is 3. The highest BCUT2D eigenvalue weighted by molar-refractivity contribution is 6.05. The molecule has 9 nitrogen and oxygen atoms in total. The molecule has 2 aromatic carbocycles. The molecule has 4 rings (SSSR count). The summed E-state index contributed by atoms with van der Waals surface area (Å²) in [5.41, 5.74) is 2.54. The highest BCUT2D eigenvalue weighted by Crippen LogP contribution is 2.29. The zero-order valence-corrected chi connectivity index (χ0v) is 22.2. The number of hydrogen-bond acceptors (Lipinski definition) is 6. The quantitative estimate of drug-likeness (QED) is 0.178. The van der Waals surface area contributed by atoms with Crippen molar-refractivity contribution in [2.24, 2.45) is 0 Å². The molecular formula is C30H34N4O5. The van der Waals surface area contributed by atoms with Crippen LogP contribution < -0.4 is 10.2 Å². The third-order valence-electron chi connectivity index (χ3n) is 6.72. The first kappa shape index (κ1) is 27.6. The minimum atomic E-state index is -0.468. The molecule has 0 radical (unpaired) electrons. The summed E-state index contributed by atoms with van der Waals surface area (Å²) in [4.78, 5) is 40.9. The van der Waals surface area contributed by atoms with Crippen molar-refractivity contribution >= 4 is 35.0 Å². The average Bonchev–Trinajstić information content (AvgIpc) is 3.48. The van der Waals surface area contributed by atoms with Crippen molar-refractivity contribution in [2.75, 3.05) is 29.9 Å². The number of likely N-dealkylation sites (tertiary alicyclic amines) is 1. The lowest BCUT2D eigenvalue weighted by Crippen LogP contribution is -2.37. The number of furan rings is 1. The molecule has 3 aromatic rings. The Kier molecular flexibility index (Phi) is 9.50. The van der Waals surface area contributed by atoms with Gasteiger partial charge in [-0.1, -0.05) is 13.3 Å². The maximum Gasteiger partial charge on any atom is 0.269 e. The number of nitrogens with one attached hydrogen (secondary N) is 1. The SMILES string of the molecule is CCCCN(Cc1ccco1)c1ccc(NC(=O)/C=C/c2ccc([N+](=O)[O-])cc2)cc1C(=O)N1CCCCC1. The van der Waals surface area contributed by atoms with Gasteiger partial charge >= 0.3 is 0 Å². The van der Waals surface area contributed by atoms with Gasteiger partial charge in [0.1, 0.15) is 5.76 Å². The van der Waals surface area contributed by atoms with Gasteiger partial charge in [0.05, 0.1) is 29.0 Å². The van der Waals surface area contributed by atoms with Crippen LogP contribution in [0.5, 0.6) is 0 Å². The fourth-order valence-electron chi connectivity index (χ4n) is 4.62. The topological polar surface area (TPSA) is 109 Å². The first-order valence-electron chi connectivity index (χ1n) is 13.4. The normalized spacial score (nSPS) is 13.4. The lowest BCUT2D eigenvalue weighted by molar-refractivity contribution is -0.384. The fourth-order valence-corrected chi connectivity index (χ4v) is 4.62. The highest BCUT2D eigenvalue weighted by atomic mass is 16.6. The molecule has 0 atom stereocenters. The Labute approximate surface area is 228 Å². The minimum absolute atomic E-state index is 0.0115. The van der Waals surface area contributed by atoms with Crippen LogP contribution >= 0.6 is 0 Å². The second kappa shape index (κ2) is 13.4. The van der Waals surface area contributed by atoms with Gasteiger partial charge < -0.3 is 19.5 Å². The Morgan fingerprint density at radius 3 is 2.54 bits per heavy atom. The van der Waals surface area contributed by atoms with Crippen LogP contribution in [0, 0.1) is 10.1 Å². The van der Waals surface area contributed by atoms with Crippen molar-refractivity contribution in [1.82, 2.24) is 4.90 Å². The molecule has 0 bridgehead atoms. The number of rotatable bonds is 11. The van der Waals surface area contributed by atoms with Crippen LogP contribution in [0.1, 0.15) is 60.7 Å². The summed E-state index contributed by atoms with van der Waals surface area (Å²) in [6.07, 6.45) is 9.66. The summed E-state index contributed by atoms with van der Waals surface area (Å²) in [6.45, 7) is 4.88. The van der Waals surface area contributed by atoms with Gasteiger partial charge in [-0.25, -0.2) is 0 Å². The van der Waals surface area contributed by atoms with Gasteiger partial charge in [-0.2, -0.15) is 0 Å². The summed E-state index contributed by atoms with van der Waals surface area (Å²) < 4.78 is 5.61. The Bertz CT molecular complexity index is 1300. The lowest BCUT2D eigenvalue weighted by Gasteiger charge is -2.31. The van der Waals surface area contributed by atoms with E-state index in [0.29, 0.717) is 23.4 Å². The van der Waals surface area contributed by atoms with Crippen molar-refractivity contribution in [3.05, 3.63) is 93.9 Å². The van der Waals surface area contributed by atoms with Crippen LogP contribution in [0.15, 0.2) is 71.4 Å². The van der Waals surface area contributed by atoms with E-state index in [0.717, 1.165) is 63.2 Å². The molecule has 2 heterocycles.